The zero-order chi connectivity index (χ0) is 16.3. The van der Waals surface area contributed by atoms with Crippen LogP contribution in [0, 0.1) is 0 Å². The number of hydrogen-bond acceptors (Lipinski definition) is 3. The van der Waals surface area contributed by atoms with Gasteiger partial charge in [0.2, 0.25) is 3.79 Å². The van der Waals surface area contributed by atoms with Crippen molar-refractivity contribution in [3.63, 3.8) is 0 Å². The monoisotopic (exact) mass is 545 g/mol. The lowest BCUT2D eigenvalue weighted by atomic mass is 10.2. The molecule has 1 amide bonds. The molecule has 0 bridgehead atoms. The Morgan fingerprint density at radius 2 is 1.86 bits per heavy atom. The molecule has 0 heterocycles. The zero-order valence-corrected chi connectivity index (χ0v) is 17.2. The highest BCUT2D eigenvalue weighted by molar-refractivity contribution is 9.39. The predicted octanol–water partition coefficient (Wildman–Crippen LogP) is 4.67. The van der Waals surface area contributed by atoms with Gasteiger partial charge in [-0.05, 0) is 12.1 Å². The molecule has 1 rings (SSSR count). The minimum Gasteiger partial charge on any atom is -0.507 e. The highest BCUT2D eigenvalue weighted by Crippen LogP contribution is 2.37. The fourth-order valence-corrected chi connectivity index (χ4v) is 2.01. The van der Waals surface area contributed by atoms with Gasteiger partial charge in [0.1, 0.15) is 5.75 Å². The number of alkyl halides is 6. The molecule has 0 saturated heterocycles. The summed E-state index contributed by atoms with van der Waals surface area (Å²) < 4.78 is 2.74. The van der Waals surface area contributed by atoms with Gasteiger partial charge in [0.15, 0.2) is 8.37 Å². The molecule has 0 aliphatic heterocycles. The third-order valence-corrected chi connectivity index (χ3v) is 3.40. The van der Waals surface area contributed by atoms with Crippen LogP contribution in [0.3, 0.4) is 0 Å². The Kier molecular flexibility index (Phi) is 7.58. The number of hydrogen-bond donors (Lipinski definition) is 2. The number of carbonyl (C=O) groups is 1. The molecule has 0 aromatic heterocycles. The molecule has 1 unspecified atom stereocenters. The fourth-order valence-electron chi connectivity index (χ4n) is 1.26. The maximum absolute atomic E-state index is 12.1. The second kappa shape index (κ2) is 8.04. The number of nitrogens with one attached hydrogen (secondary N) is 1. The third kappa shape index (κ3) is 7.24. The molecule has 0 saturated carbocycles. The largest absolute Gasteiger partial charge is 0.507 e. The number of phenols is 1. The van der Waals surface area contributed by atoms with E-state index in [1.54, 1.807) is 12.1 Å². The molecule has 0 radical (unpaired) electrons. The normalized spacial score (nSPS) is 13.8. The number of amides is 1. The molecule has 0 aliphatic carbocycles. The van der Waals surface area contributed by atoms with Gasteiger partial charge in [0.05, 0.1) is 12.2 Å². The highest BCUT2D eigenvalue weighted by atomic mass is 80.0. The van der Waals surface area contributed by atoms with Crippen molar-refractivity contribution in [2.75, 3.05) is 6.61 Å². The van der Waals surface area contributed by atoms with Crippen LogP contribution in [0.4, 0.5) is 0 Å². The van der Waals surface area contributed by atoms with Crippen LogP contribution < -0.4 is 5.32 Å². The average Bonchev–Trinajstić information content (AvgIpc) is 2.32. The maximum Gasteiger partial charge on any atom is 0.257 e. The van der Waals surface area contributed by atoms with E-state index < -0.39 is 18.1 Å². The fraction of sp³-hybridized carbons (Fsp3) is 0.364. The van der Waals surface area contributed by atoms with Gasteiger partial charge >= 0.3 is 0 Å². The van der Waals surface area contributed by atoms with Gasteiger partial charge in [0.25, 0.3) is 5.91 Å². The molecule has 4 nitrogen and oxygen atoms in total. The number of carbonyl (C=O) groups excluding carboxylic acids is 1. The van der Waals surface area contributed by atoms with E-state index >= 15 is 0 Å². The van der Waals surface area contributed by atoms with Crippen LogP contribution in [0.15, 0.2) is 24.3 Å². The lowest BCUT2D eigenvalue weighted by Crippen LogP contribution is -2.46. The van der Waals surface area contributed by atoms with Crippen molar-refractivity contribution in [2.24, 2.45) is 0 Å². The first-order valence-electron chi connectivity index (χ1n) is 5.34. The number of halogens is 6. The van der Waals surface area contributed by atoms with E-state index in [1.807, 2.05) is 0 Å². The number of phenolic OH excluding ortho intramolecular Hbond substituents is 1. The summed E-state index contributed by atoms with van der Waals surface area (Å²) in [6, 6.07) is 5.99. The van der Waals surface area contributed by atoms with E-state index in [2.05, 4.69) is 53.1 Å². The lowest BCUT2D eigenvalue weighted by Gasteiger charge is -2.27. The van der Waals surface area contributed by atoms with Gasteiger partial charge in [-0.25, -0.2) is 0 Å². The van der Waals surface area contributed by atoms with E-state index in [0.29, 0.717) is 0 Å². The predicted molar refractivity (Wildman–Crippen MR) is 95.1 cm³/mol. The summed E-state index contributed by atoms with van der Waals surface area (Å²) in [4.78, 5) is 12.1. The van der Waals surface area contributed by atoms with Gasteiger partial charge < -0.3 is 15.2 Å². The van der Waals surface area contributed by atoms with Gasteiger partial charge in [-0.1, -0.05) is 94.7 Å². The number of para-hydroxylation sites is 1. The number of rotatable bonds is 4. The molecule has 21 heavy (non-hydrogen) atoms. The molecule has 1 aromatic carbocycles. The average molecular weight is 549 g/mol. The van der Waals surface area contributed by atoms with Crippen molar-refractivity contribution in [2.45, 2.75) is 12.2 Å². The molecular weight excluding hydrogens is 540 g/mol. The topological polar surface area (TPSA) is 58.6 Å². The molecule has 0 fully saturated rings. The summed E-state index contributed by atoms with van der Waals surface area (Å²) in [6.45, 7) is 0.0344. The van der Waals surface area contributed by atoms with Crippen LogP contribution in [-0.4, -0.2) is 29.8 Å². The molecule has 0 aliphatic rings. The Bertz CT molecular complexity index is 505. The summed E-state index contributed by atoms with van der Waals surface area (Å²) in [5.74, 6) is -0.817. The minimum absolute atomic E-state index is 0.0344. The smallest absolute Gasteiger partial charge is 0.257 e. The third-order valence-electron chi connectivity index (χ3n) is 2.12. The lowest BCUT2D eigenvalue weighted by molar-refractivity contribution is 0.0352. The van der Waals surface area contributed by atoms with Crippen LogP contribution in [0.5, 0.6) is 5.75 Å². The first-order chi connectivity index (χ1) is 9.50. The molecule has 1 atom stereocenters. The standard InChI is InChI=1S/C11H9Br3Cl3NO3/c12-10(13,14)5-21-9(11(15,16)17)18-8(20)6-3-1-2-4-7(6)19/h1-4,9,19H,5H2,(H,18,20). The SMILES string of the molecule is O=C(NC(OCC(Br)(Br)Br)C(Cl)(Cl)Cl)c1ccccc1O. The van der Waals surface area contributed by atoms with Crippen molar-refractivity contribution in [3.8, 4) is 5.75 Å². The van der Waals surface area contributed by atoms with E-state index in [9.17, 15) is 9.90 Å². The first kappa shape index (κ1) is 19.8. The van der Waals surface area contributed by atoms with Gasteiger partial charge in [0, 0.05) is 0 Å². The van der Waals surface area contributed by atoms with Gasteiger partial charge in [-0.2, -0.15) is 0 Å². The van der Waals surface area contributed by atoms with Crippen molar-refractivity contribution >= 4 is 88.5 Å². The number of ether oxygens (including phenoxy) is 1. The van der Waals surface area contributed by atoms with E-state index in [4.69, 9.17) is 39.5 Å². The molecule has 0 spiro atoms. The van der Waals surface area contributed by atoms with Crippen molar-refractivity contribution in [1.82, 2.24) is 5.32 Å². The molecule has 2 N–H and O–H groups in total. The van der Waals surface area contributed by atoms with E-state index in [0.717, 1.165) is 0 Å². The Morgan fingerprint density at radius 1 is 1.29 bits per heavy atom. The first-order valence-corrected chi connectivity index (χ1v) is 8.86. The van der Waals surface area contributed by atoms with Gasteiger partial charge in [-0.15, -0.1) is 0 Å². The Morgan fingerprint density at radius 3 is 2.33 bits per heavy atom. The Hall–Kier alpha value is 0.760. The van der Waals surface area contributed by atoms with Crippen LogP contribution in [0.25, 0.3) is 0 Å². The van der Waals surface area contributed by atoms with E-state index in [1.165, 1.54) is 12.1 Å². The van der Waals surface area contributed by atoms with Crippen molar-refractivity contribution in [3.05, 3.63) is 29.8 Å². The van der Waals surface area contributed by atoms with Crippen molar-refractivity contribution in [1.29, 1.82) is 0 Å². The quantitative estimate of drug-likeness (QED) is 0.424. The van der Waals surface area contributed by atoms with Crippen LogP contribution in [0.2, 0.25) is 0 Å². The zero-order valence-electron chi connectivity index (χ0n) is 10.1. The summed E-state index contributed by atoms with van der Waals surface area (Å²) in [7, 11) is 0. The number of aromatic hydroxyl groups is 1. The minimum atomic E-state index is -1.89. The van der Waals surface area contributed by atoms with Crippen molar-refractivity contribution < 1.29 is 14.6 Å². The molecular formula is C11H9Br3Cl3NO3. The number of benzene rings is 1. The molecule has 10 heteroatoms. The van der Waals surface area contributed by atoms with E-state index in [-0.39, 0.29) is 17.9 Å². The Labute approximate surface area is 161 Å². The van der Waals surface area contributed by atoms with Crippen LogP contribution in [0.1, 0.15) is 10.4 Å². The summed E-state index contributed by atoms with van der Waals surface area (Å²) in [5.41, 5.74) is 0.0446. The van der Waals surface area contributed by atoms with Crippen LogP contribution >= 0.6 is 82.6 Å². The Balaban J connectivity index is 2.82. The maximum atomic E-state index is 12.1. The highest BCUT2D eigenvalue weighted by Gasteiger charge is 2.37. The second-order valence-corrected chi connectivity index (χ2v) is 13.5. The molecule has 1 aromatic rings. The summed E-state index contributed by atoms with van der Waals surface area (Å²) in [5, 5.41) is 12.0. The molecule has 118 valence electrons. The summed E-state index contributed by atoms with van der Waals surface area (Å²) in [6.07, 6.45) is -1.22. The van der Waals surface area contributed by atoms with Gasteiger partial charge in [-0.3, -0.25) is 4.79 Å². The van der Waals surface area contributed by atoms with Crippen LogP contribution in [-0.2, 0) is 4.74 Å². The summed E-state index contributed by atoms with van der Waals surface area (Å²) >= 11 is 27.0. The second-order valence-electron chi connectivity index (χ2n) is 3.84.